The summed E-state index contributed by atoms with van der Waals surface area (Å²) in [7, 11) is -5.12. The third kappa shape index (κ3) is 28.5. The standard InChI is InChI=1S/C45H83O13P/c1-3-5-7-9-11-13-15-17-19-21-23-25-27-29-31-33-38(46)55-35-37(36-56-59(53,54)58-45-43(51)41(49)40(48)42(50)44(45)52)57-39(47)34-32-30-28-26-24-22-20-18-16-14-12-10-8-6-4-2/h11,13,17,19,37,40-45,48-52H,3-10,12,14-16,18,20-36H2,1-2H3,(H,53,54)/t37-,40?,41-,42?,43?,44?,45?/m1/s1. The summed E-state index contributed by atoms with van der Waals surface area (Å²) in [5.74, 6) is -1.11. The molecular formula is C45H83O13P. The fourth-order valence-electron chi connectivity index (χ4n) is 7.02. The molecule has 0 aromatic heterocycles. The van der Waals surface area contributed by atoms with Gasteiger partial charge < -0.3 is 39.9 Å². The van der Waals surface area contributed by atoms with Crippen LogP contribution < -0.4 is 0 Å². The molecule has 14 heteroatoms. The molecule has 6 unspecified atom stereocenters. The molecule has 0 spiro atoms. The van der Waals surface area contributed by atoms with Crippen molar-refractivity contribution in [2.75, 3.05) is 13.2 Å². The first-order chi connectivity index (χ1) is 28.4. The van der Waals surface area contributed by atoms with E-state index < -0.39 is 75.7 Å². The van der Waals surface area contributed by atoms with Gasteiger partial charge in [0.2, 0.25) is 0 Å². The van der Waals surface area contributed by atoms with Crippen LogP contribution in [0.5, 0.6) is 0 Å². The molecule has 0 amide bonds. The van der Waals surface area contributed by atoms with Crippen molar-refractivity contribution in [3.05, 3.63) is 24.3 Å². The Morgan fingerprint density at radius 2 is 0.915 bits per heavy atom. The van der Waals surface area contributed by atoms with Crippen LogP contribution in [0.3, 0.4) is 0 Å². The normalized spacial score (nSPS) is 22.5. The van der Waals surface area contributed by atoms with E-state index in [0.717, 1.165) is 70.6 Å². The average molecular weight is 863 g/mol. The lowest BCUT2D eigenvalue weighted by Crippen LogP contribution is -2.64. The van der Waals surface area contributed by atoms with Crippen molar-refractivity contribution >= 4 is 19.8 Å². The van der Waals surface area contributed by atoms with E-state index in [-0.39, 0.29) is 12.8 Å². The van der Waals surface area contributed by atoms with Gasteiger partial charge in [0.05, 0.1) is 6.61 Å². The molecule has 0 saturated heterocycles. The first-order valence-corrected chi connectivity index (χ1v) is 24.6. The van der Waals surface area contributed by atoms with E-state index >= 15 is 0 Å². The van der Waals surface area contributed by atoms with Gasteiger partial charge in [-0.3, -0.25) is 18.6 Å². The molecule has 8 atom stereocenters. The lowest BCUT2D eigenvalue weighted by molar-refractivity contribution is -0.220. The summed E-state index contributed by atoms with van der Waals surface area (Å²) < 4.78 is 33.5. The van der Waals surface area contributed by atoms with Gasteiger partial charge in [-0.05, 0) is 44.9 Å². The Balaban J connectivity index is 2.46. The molecule has 0 aromatic carbocycles. The van der Waals surface area contributed by atoms with Crippen LogP contribution in [0.4, 0.5) is 0 Å². The monoisotopic (exact) mass is 863 g/mol. The molecule has 0 aliphatic heterocycles. The fourth-order valence-corrected chi connectivity index (χ4v) is 8.00. The van der Waals surface area contributed by atoms with E-state index in [1.807, 2.05) is 0 Å². The number of allylic oxidation sites excluding steroid dienone is 4. The van der Waals surface area contributed by atoms with Crippen LogP contribution in [0.25, 0.3) is 0 Å². The molecule has 0 aromatic rings. The lowest BCUT2D eigenvalue weighted by Gasteiger charge is -2.41. The molecule has 13 nitrogen and oxygen atoms in total. The fraction of sp³-hybridized carbons (Fsp3) is 0.867. The van der Waals surface area contributed by atoms with Crippen LogP contribution in [-0.4, -0.2) is 98.3 Å². The predicted molar refractivity (Wildman–Crippen MR) is 230 cm³/mol. The number of phosphoric acid groups is 1. The van der Waals surface area contributed by atoms with Crippen LogP contribution >= 0.6 is 7.82 Å². The van der Waals surface area contributed by atoms with Crippen molar-refractivity contribution in [1.82, 2.24) is 0 Å². The smallest absolute Gasteiger partial charge is 0.462 e. The van der Waals surface area contributed by atoms with Crippen LogP contribution in [0.15, 0.2) is 24.3 Å². The maximum atomic E-state index is 12.8. The molecule has 346 valence electrons. The Morgan fingerprint density at radius 1 is 0.525 bits per heavy atom. The molecule has 6 N–H and O–H groups in total. The van der Waals surface area contributed by atoms with E-state index in [4.69, 9.17) is 18.5 Å². The first-order valence-electron chi connectivity index (χ1n) is 23.1. The molecule has 0 bridgehead atoms. The molecule has 1 saturated carbocycles. The van der Waals surface area contributed by atoms with E-state index in [2.05, 4.69) is 38.2 Å². The quantitative estimate of drug-likeness (QED) is 0.0149. The van der Waals surface area contributed by atoms with E-state index in [0.29, 0.717) is 12.8 Å². The summed E-state index contributed by atoms with van der Waals surface area (Å²) in [6, 6.07) is 0. The summed E-state index contributed by atoms with van der Waals surface area (Å²) in [5.41, 5.74) is 0. The van der Waals surface area contributed by atoms with E-state index in [1.54, 1.807) is 0 Å². The zero-order chi connectivity index (χ0) is 43.6. The average Bonchev–Trinajstić information content (AvgIpc) is 3.21. The van der Waals surface area contributed by atoms with Crippen LogP contribution in [0, 0.1) is 0 Å². The number of carbonyl (C=O) groups excluding carboxylic acids is 2. The summed E-state index contributed by atoms with van der Waals surface area (Å²) >= 11 is 0. The number of esters is 2. The molecule has 1 aliphatic carbocycles. The Hall–Kier alpha value is -1.67. The van der Waals surface area contributed by atoms with Gasteiger partial charge >= 0.3 is 19.8 Å². The van der Waals surface area contributed by atoms with Crippen LogP contribution in [0.1, 0.15) is 194 Å². The number of unbranched alkanes of at least 4 members (excludes halogenated alkanes) is 22. The van der Waals surface area contributed by atoms with Gasteiger partial charge in [-0.2, -0.15) is 0 Å². The van der Waals surface area contributed by atoms with Crippen molar-refractivity contribution in [2.24, 2.45) is 0 Å². The molecule has 1 rings (SSSR count). The minimum Gasteiger partial charge on any atom is -0.462 e. The first kappa shape index (κ1) is 55.3. The zero-order valence-electron chi connectivity index (χ0n) is 36.6. The van der Waals surface area contributed by atoms with Crippen molar-refractivity contribution < 1.29 is 63.1 Å². The minimum atomic E-state index is -5.12. The number of carbonyl (C=O) groups is 2. The van der Waals surface area contributed by atoms with Crippen LogP contribution in [-0.2, 0) is 32.7 Å². The van der Waals surface area contributed by atoms with Gasteiger partial charge in [0.25, 0.3) is 0 Å². The van der Waals surface area contributed by atoms with Gasteiger partial charge in [-0.25, -0.2) is 4.57 Å². The van der Waals surface area contributed by atoms with Crippen molar-refractivity contribution in [3.8, 4) is 0 Å². The number of ether oxygens (including phenoxy) is 2. The van der Waals surface area contributed by atoms with Crippen molar-refractivity contribution in [1.29, 1.82) is 0 Å². The maximum Gasteiger partial charge on any atom is 0.472 e. The second kappa shape index (κ2) is 35.9. The Kier molecular flexibility index (Phi) is 33.7. The molecular weight excluding hydrogens is 779 g/mol. The van der Waals surface area contributed by atoms with Crippen LogP contribution in [0.2, 0.25) is 0 Å². The number of aliphatic hydroxyl groups excluding tert-OH is 5. The van der Waals surface area contributed by atoms with E-state index in [1.165, 1.54) is 83.5 Å². The largest absolute Gasteiger partial charge is 0.472 e. The van der Waals surface area contributed by atoms with Crippen molar-refractivity contribution in [2.45, 2.75) is 236 Å². The predicted octanol–water partition coefficient (Wildman–Crippen LogP) is 8.84. The minimum absolute atomic E-state index is 0.0977. The highest BCUT2D eigenvalue weighted by Gasteiger charge is 2.51. The number of phosphoric ester groups is 1. The number of aliphatic hydroxyl groups is 5. The second-order valence-corrected chi connectivity index (χ2v) is 17.7. The maximum absolute atomic E-state index is 12.8. The van der Waals surface area contributed by atoms with Gasteiger partial charge in [-0.15, -0.1) is 0 Å². The Labute approximate surface area is 356 Å². The van der Waals surface area contributed by atoms with Crippen molar-refractivity contribution in [3.63, 3.8) is 0 Å². The second-order valence-electron chi connectivity index (χ2n) is 16.3. The highest BCUT2D eigenvalue weighted by atomic mass is 31.2. The van der Waals surface area contributed by atoms with E-state index in [9.17, 15) is 44.6 Å². The SMILES string of the molecule is CCCCCC=CCC=CCCCCCCCC(=O)OC[C@H](COP(=O)(O)OC1C(O)C(O)C(O)[C@@H](O)C1O)OC(=O)CCCCCCCCCCCCCCCCC. The Morgan fingerprint density at radius 3 is 1.41 bits per heavy atom. The van der Waals surface area contributed by atoms with Gasteiger partial charge in [0.1, 0.15) is 43.2 Å². The highest BCUT2D eigenvalue weighted by molar-refractivity contribution is 7.47. The summed E-state index contributed by atoms with van der Waals surface area (Å²) in [6.07, 6.45) is 25.1. The lowest BCUT2D eigenvalue weighted by atomic mass is 9.85. The molecule has 0 radical (unpaired) electrons. The number of hydrogen-bond donors (Lipinski definition) is 6. The number of rotatable bonds is 38. The third-order valence-corrected chi connectivity index (χ3v) is 11.8. The molecule has 0 heterocycles. The third-order valence-electron chi connectivity index (χ3n) is 10.8. The summed E-state index contributed by atoms with van der Waals surface area (Å²) in [6.45, 7) is 3.27. The highest BCUT2D eigenvalue weighted by Crippen LogP contribution is 2.47. The topological polar surface area (TPSA) is 210 Å². The van der Waals surface area contributed by atoms with Gasteiger partial charge in [0, 0.05) is 12.8 Å². The molecule has 59 heavy (non-hydrogen) atoms. The van der Waals surface area contributed by atoms with Gasteiger partial charge in [-0.1, -0.05) is 160 Å². The molecule has 1 aliphatic rings. The zero-order valence-corrected chi connectivity index (χ0v) is 37.4. The Bertz CT molecular complexity index is 1130. The molecule has 1 fully saturated rings. The number of hydrogen-bond acceptors (Lipinski definition) is 12. The summed E-state index contributed by atoms with van der Waals surface area (Å²) in [5, 5.41) is 50.1. The summed E-state index contributed by atoms with van der Waals surface area (Å²) in [4.78, 5) is 35.7. The van der Waals surface area contributed by atoms with Gasteiger partial charge in [0.15, 0.2) is 6.10 Å².